The SMILES string of the molecule is O=C(Nc1cc2cccnc2c2cccnc12)N1CC[C@@H](c2ccccc2)C1. The van der Waals surface area contributed by atoms with E-state index >= 15 is 0 Å². The molecule has 2 aromatic carbocycles. The Bertz CT molecular complexity index is 1160. The van der Waals surface area contributed by atoms with E-state index in [0.717, 1.165) is 47.0 Å². The summed E-state index contributed by atoms with van der Waals surface area (Å²) in [6.07, 6.45) is 4.51. The van der Waals surface area contributed by atoms with Crippen LogP contribution in [0.5, 0.6) is 0 Å². The van der Waals surface area contributed by atoms with Gasteiger partial charge in [0, 0.05) is 42.2 Å². The van der Waals surface area contributed by atoms with Gasteiger partial charge in [-0.25, -0.2) is 4.79 Å². The standard InChI is InChI=1S/C23H20N4O/c28-23(27-13-10-18(15-27)16-6-2-1-3-7-16)26-20-14-17-8-4-11-24-21(17)19-9-5-12-25-22(19)20/h1-9,11-12,14,18H,10,13,15H2,(H,26,28)/t18-/m1/s1. The van der Waals surface area contributed by atoms with Crippen LogP contribution in [0.2, 0.25) is 0 Å². The van der Waals surface area contributed by atoms with Crippen molar-refractivity contribution >= 4 is 33.5 Å². The molecule has 1 atom stereocenters. The molecule has 0 saturated carbocycles. The maximum atomic E-state index is 12.9. The van der Waals surface area contributed by atoms with Gasteiger partial charge in [0.25, 0.3) is 0 Å². The minimum Gasteiger partial charge on any atom is -0.324 e. The van der Waals surface area contributed by atoms with Crippen LogP contribution in [0.1, 0.15) is 17.9 Å². The minimum absolute atomic E-state index is 0.0753. The zero-order valence-electron chi connectivity index (χ0n) is 15.4. The van der Waals surface area contributed by atoms with Gasteiger partial charge in [-0.1, -0.05) is 36.4 Å². The fraction of sp³-hybridized carbons (Fsp3) is 0.174. The first-order chi connectivity index (χ1) is 13.8. The van der Waals surface area contributed by atoms with Gasteiger partial charge in [-0.2, -0.15) is 0 Å². The maximum Gasteiger partial charge on any atom is 0.321 e. The van der Waals surface area contributed by atoms with Gasteiger partial charge in [-0.3, -0.25) is 9.97 Å². The van der Waals surface area contributed by atoms with Crippen LogP contribution in [-0.2, 0) is 0 Å². The molecule has 4 aromatic rings. The molecule has 5 rings (SSSR count). The van der Waals surface area contributed by atoms with Gasteiger partial charge in [0.1, 0.15) is 0 Å². The molecule has 0 spiro atoms. The Morgan fingerprint density at radius 3 is 2.61 bits per heavy atom. The van der Waals surface area contributed by atoms with Crippen LogP contribution >= 0.6 is 0 Å². The van der Waals surface area contributed by atoms with E-state index in [4.69, 9.17) is 0 Å². The lowest BCUT2D eigenvalue weighted by Gasteiger charge is -2.18. The van der Waals surface area contributed by atoms with Crippen LogP contribution in [0.3, 0.4) is 0 Å². The van der Waals surface area contributed by atoms with E-state index in [9.17, 15) is 4.79 Å². The molecule has 1 saturated heterocycles. The van der Waals surface area contributed by atoms with Crippen molar-refractivity contribution in [2.75, 3.05) is 18.4 Å². The summed E-state index contributed by atoms with van der Waals surface area (Å²) in [5.41, 5.74) is 3.68. The number of nitrogens with one attached hydrogen (secondary N) is 1. The number of aromatic nitrogens is 2. The Balaban J connectivity index is 1.43. The molecule has 28 heavy (non-hydrogen) atoms. The quantitative estimate of drug-likeness (QED) is 0.517. The van der Waals surface area contributed by atoms with Crippen molar-refractivity contribution < 1.29 is 4.79 Å². The van der Waals surface area contributed by atoms with Gasteiger partial charge in [0.15, 0.2) is 0 Å². The predicted molar refractivity (Wildman–Crippen MR) is 111 cm³/mol. The minimum atomic E-state index is -0.0753. The lowest BCUT2D eigenvalue weighted by atomic mass is 9.99. The van der Waals surface area contributed by atoms with Crippen molar-refractivity contribution in [2.24, 2.45) is 0 Å². The summed E-state index contributed by atoms with van der Waals surface area (Å²) in [5, 5.41) is 5.02. The lowest BCUT2D eigenvalue weighted by Crippen LogP contribution is -2.32. The first-order valence-electron chi connectivity index (χ1n) is 9.53. The Kier molecular flexibility index (Phi) is 4.13. The molecule has 1 aliphatic heterocycles. The van der Waals surface area contributed by atoms with E-state index < -0.39 is 0 Å². The molecule has 3 heterocycles. The second kappa shape index (κ2) is 6.93. The molecule has 1 aliphatic rings. The summed E-state index contributed by atoms with van der Waals surface area (Å²) in [6.45, 7) is 1.49. The number of benzene rings is 2. The van der Waals surface area contributed by atoms with Crippen LogP contribution in [-0.4, -0.2) is 34.0 Å². The maximum absolute atomic E-state index is 12.9. The lowest BCUT2D eigenvalue weighted by molar-refractivity contribution is 0.222. The zero-order valence-corrected chi connectivity index (χ0v) is 15.4. The molecule has 5 nitrogen and oxygen atoms in total. The summed E-state index contributed by atoms with van der Waals surface area (Å²) in [7, 11) is 0. The molecule has 0 aliphatic carbocycles. The summed E-state index contributed by atoms with van der Waals surface area (Å²) in [5.74, 6) is 0.391. The average Bonchev–Trinajstić information content (AvgIpc) is 3.25. The highest BCUT2D eigenvalue weighted by atomic mass is 16.2. The second-order valence-electron chi connectivity index (χ2n) is 7.17. The molecule has 0 bridgehead atoms. The average molecular weight is 368 g/mol. The smallest absolute Gasteiger partial charge is 0.321 e. The predicted octanol–water partition coefficient (Wildman–Crippen LogP) is 4.80. The molecule has 1 N–H and O–H groups in total. The molecule has 2 aromatic heterocycles. The first kappa shape index (κ1) is 16.7. The number of rotatable bonds is 2. The Morgan fingerprint density at radius 2 is 1.75 bits per heavy atom. The van der Waals surface area contributed by atoms with Gasteiger partial charge < -0.3 is 10.2 Å². The number of carbonyl (C=O) groups excluding carboxylic acids is 1. The van der Waals surface area contributed by atoms with E-state index in [0.29, 0.717) is 5.92 Å². The molecule has 138 valence electrons. The van der Waals surface area contributed by atoms with Crippen molar-refractivity contribution in [3.05, 3.63) is 78.6 Å². The fourth-order valence-electron chi connectivity index (χ4n) is 4.03. The van der Waals surface area contributed by atoms with Crippen LogP contribution < -0.4 is 5.32 Å². The Hall–Kier alpha value is -3.47. The first-order valence-corrected chi connectivity index (χ1v) is 9.53. The highest BCUT2D eigenvalue weighted by molar-refractivity contribution is 6.11. The van der Waals surface area contributed by atoms with Crippen molar-refractivity contribution in [1.82, 2.24) is 14.9 Å². The van der Waals surface area contributed by atoms with E-state index in [1.165, 1.54) is 5.56 Å². The molecule has 2 amide bonds. The summed E-state index contributed by atoms with van der Waals surface area (Å²) in [4.78, 5) is 23.8. The number of likely N-dealkylation sites (tertiary alicyclic amines) is 1. The molecular weight excluding hydrogens is 348 g/mol. The number of hydrogen-bond donors (Lipinski definition) is 1. The number of urea groups is 1. The fourth-order valence-corrected chi connectivity index (χ4v) is 4.03. The third-order valence-electron chi connectivity index (χ3n) is 5.44. The summed E-state index contributed by atoms with van der Waals surface area (Å²) in [6, 6.07) is 20.1. The molecule has 1 fully saturated rings. The van der Waals surface area contributed by atoms with Crippen LogP contribution in [0.25, 0.3) is 21.8 Å². The number of hydrogen-bond acceptors (Lipinski definition) is 3. The third-order valence-corrected chi connectivity index (χ3v) is 5.44. The largest absolute Gasteiger partial charge is 0.324 e. The number of anilines is 1. The molecule has 0 radical (unpaired) electrons. The van der Waals surface area contributed by atoms with Crippen molar-refractivity contribution in [3.63, 3.8) is 0 Å². The second-order valence-corrected chi connectivity index (χ2v) is 7.17. The highest BCUT2D eigenvalue weighted by Crippen LogP contribution is 2.31. The van der Waals surface area contributed by atoms with Crippen LogP contribution in [0.4, 0.5) is 10.5 Å². The van der Waals surface area contributed by atoms with Crippen molar-refractivity contribution in [2.45, 2.75) is 12.3 Å². The Labute approximate surface area is 163 Å². The molecule has 5 heteroatoms. The Morgan fingerprint density at radius 1 is 0.964 bits per heavy atom. The van der Waals surface area contributed by atoms with Crippen LogP contribution in [0, 0.1) is 0 Å². The van der Waals surface area contributed by atoms with E-state index in [1.54, 1.807) is 12.4 Å². The number of pyridine rings is 2. The monoisotopic (exact) mass is 368 g/mol. The van der Waals surface area contributed by atoms with E-state index in [2.05, 4.69) is 39.6 Å². The van der Waals surface area contributed by atoms with Gasteiger partial charge >= 0.3 is 6.03 Å². The van der Waals surface area contributed by atoms with Gasteiger partial charge in [0.2, 0.25) is 0 Å². The van der Waals surface area contributed by atoms with Gasteiger partial charge in [-0.15, -0.1) is 0 Å². The van der Waals surface area contributed by atoms with E-state index in [1.807, 2.05) is 41.3 Å². The van der Waals surface area contributed by atoms with Crippen molar-refractivity contribution in [1.29, 1.82) is 0 Å². The summed E-state index contributed by atoms with van der Waals surface area (Å²) < 4.78 is 0. The number of amides is 2. The summed E-state index contributed by atoms with van der Waals surface area (Å²) >= 11 is 0. The third kappa shape index (κ3) is 2.95. The molecular formula is C23H20N4O. The number of carbonyl (C=O) groups is 1. The van der Waals surface area contributed by atoms with Crippen LogP contribution in [0.15, 0.2) is 73.1 Å². The normalized spacial score (nSPS) is 16.6. The number of fused-ring (bicyclic) bond motifs is 3. The van der Waals surface area contributed by atoms with Gasteiger partial charge in [-0.05, 0) is 36.2 Å². The van der Waals surface area contributed by atoms with E-state index in [-0.39, 0.29) is 6.03 Å². The highest BCUT2D eigenvalue weighted by Gasteiger charge is 2.27. The number of nitrogens with zero attached hydrogens (tertiary/aromatic N) is 3. The molecule has 0 unspecified atom stereocenters. The van der Waals surface area contributed by atoms with Crippen molar-refractivity contribution in [3.8, 4) is 0 Å². The zero-order chi connectivity index (χ0) is 18.9. The van der Waals surface area contributed by atoms with Gasteiger partial charge in [0.05, 0.1) is 16.7 Å². The topological polar surface area (TPSA) is 58.1 Å².